The number of hydrogen-bond donors (Lipinski definition) is 3. The number of rotatable bonds is 2. The molecule has 0 saturated carbocycles. The zero-order valence-corrected chi connectivity index (χ0v) is 8.43. The van der Waals surface area contributed by atoms with Crippen molar-refractivity contribution < 1.29 is 9.59 Å². The van der Waals surface area contributed by atoms with Crippen LogP contribution in [0, 0.1) is 0 Å². The van der Waals surface area contributed by atoms with Gasteiger partial charge in [-0.05, 0) is 19.8 Å². The number of piperidine rings is 1. The van der Waals surface area contributed by atoms with Crippen LogP contribution in [-0.2, 0) is 9.59 Å². The maximum absolute atomic E-state index is 11.2. The molecule has 0 aromatic heterocycles. The Kier molecular flexibility index (Phi) is 3.59. The van der Waals surface area contributed by atoms with Crippen LogP contribution in [0.2, 0.25) is 0 Å². The Morgan fingerprint density at radius 3 is 3.00 bits per heavy atom. The van der Waals surface area contributed by atoms with Gasteiger partial charge in [0, 0.05) is 6.54 Å². The molecule has 2 amide bonds. The van der Waals surface area contributed by atoms with E-state index < -0.39 is 0 Å². The minimum absolute atomic E-state index is 0.0893. The molecule has 2 unspecified atom stereocenters. The van der Waals surface area contributed by atoms with Crippen LogP contribution in [0.1, 0.15) is 19.8 Å². The van der Waals surface area contributed by atoms with E-state index in [0.29, 0.717) is 6.54 Å². The molecule has 1 rings (SSSR count). The highest BCUT2D eigenvalue weighted by Crippen LogP contribution is 2.04. The molecule has 1 fully saturated rings. The molecule has 0 radical (unpaired) electrons. The Balaban J connectivity index is 2.43. The monoisotopic (exact) mass is 202 g/mol. The van der Waals surface area contributed by atoms with Crippen LogP contribution >= 0.6 is 12.6 Å². The van der Waals surface area contributed by atoms with Crippen LogP contribution in [0.25, 0.3) is 0 Å². The van der Waals surface area contributed by atoms with Crippen LogP contribution in [0.3, 0.4) is 0 Å². The zero-order valence-electron chi connectivity index (χ0n) is 7.54. The average Bonchev–Trinajstić information content (AvgIpc) is 2.08. The summed E-state index contributed by atoms with van der Waals surface area (Å²) in [6.45, 7) is 2.39. The van der Waals surface area contributed by atoms with Crippen LogP contribution in [0.5, 0.6) is 0 Å². The van der Waals surface area contributed by atoms with E-state index >= 15 is 0 Å². The summed E-state index contributed by atoms with van der Waals surface area (Å²) in [4.78, 5) is 22.4. The fourth-order valence-electron chi connectivity index (χ4n) is 1.20. The van der Waals surface area contributed by atoms with Gasteiger partial charge in [-0.3, -0.25) is 9.59 Å². The van der Waals surface area contributed by atoms with E-state index in [1.807, 2.05) is 0 Å². The molecule has 74 valence electrons. The summed E-state index contributed by atoms with van der Waals surface area (Å²) in [7, 11) is 0. The number of amides is 2. The topological polar surface area (TPSA) is 58.2 Å². The summed E-state index contributed by atoms with van der Waals surface area (Å²) >= 11 is 3.98. The van der Waals surface area contributed by atoms with Gasteiger partial charge in [0.05, 0.1) is 5.25 Å². The summed E-state index contributed by atoms with van der Waals surface area (Å²) in [6, 6.07) is -0.365. The van der Waals surface area contributed by atoms with E-state index in [4.69, 9.17) is 0 Å². The Morgan fingerprint density at radius 1 is 1.77 bits per heavy atom. The average molecular weight is 202 g/mol. The highest BCUT2D eigenvalue weighted by molar-refractivity contribution is 7.81. The fourth-order valence-corrected chi connectivity index (χ4v) is 1.28. The normalized spacial score (nSPS) is 24.8. The van der Waals surface area contributed by atoms with E-state index in [-0.39, 0.29) is 23.1 Å². The second kappa shape index (κ2) is 4.50. The first-order valence-corrected chi connectivity index (χ1v) is 4.89. The summed E-state index contributed by atoms with van der Waals surface area (Å²) in [5, 5.41) is 4.97. The maximum atomic E-state index is 11.2. The Labute approximate surface area is 82.9 Å². The van der Waals surface area contributed by atoms with Gasteiger partial charge in [0.15, 0.2) is 0 Å². The highest BCUT2D eigenvalue weighted by atomic mass is 32.1. The number of thiol groups is 1. The standard InChI is InChI=1S/C8H14N2O2S/c1-5(13)7(11)10-6-3-2-4-9-8(6)12/h5-6,13H,2-4H2,1H3,(H,9,12)(H,10,11). The lowest BCUT2D eigenvalue weighted by atomic mass is 10.1. The lowest BCUT2D eigenvalue weighted by Crippen LogP contribution is -2.51. The fraction of sp³-hybridized carbons (Fsp3) is 0.750. The number of carbonyl (C=O) groups excluding carboxylic acids is 2. The molecule has 2 atom stereocenters. The molecule has 1 aliphatic rings. The minimum Gasteiger partial charge on any atom is -0.354 e. The third kappa shape index (κ3) is 2.91. The van der Waals surface area contributed by atoms with Gasteiger partial charge in [0.2, 0.25) is 11.8 Å². The van der Waals surface area contributed by atoms with E-state index in [0.717, 1.165) is 12.8 Å². The van der Waals surface area contributed by atoms with Crippen molar-refractivity contribution in [2.45, 2.75) is 31.1 Å². The molecule has 5 heteroatoms. The van der Waals surface area contributed by atoms with Crippen molar-refractivity contribution in [3.05, 3.63) is 0 Å². The van der Waals surface area contributed by atoms with E-state index in [1.165, 1.54) is 0 Å². The van der Waals surface area contributed by atoms with Crippen molar-refractivity contribution in [2.24, 2.45) is 0 Å². The molecule has 1 aliphatic heterocycles. The van der Waals surface area contributed by atoms with E-state index in [2.05, 4.69) is 23.3 Å². The molecule has 0 spiro atoms. The van der Waals surface area contributed by atoms with Gasteiger partial charge < -0.3 is 10.6 Å². The van der Waals surface area contributed by atoms with Crippen molar-refractivity contribution >= 4 is 24.4 Å². The molecule has 0 aliphatic carbocycles. The third-order valence-corrected chi connectivity index (χ3v) is 2.22. The van der Waals surface area contributed by atoms with Gasteiger partial charge in [-0.25, -0.2) is 0 Å². The van der Waals surface area contributed by atoms with E-state index in [1.54, 1.807) is 6.92 Å². The van der Waals surface area contributed by atoms with Crippen molar-refractivity contribution in [3.63, 3.8) is 0 Å². The SMILES string of the molecule is CC(S)C(=O)NC1CCCNC1=O. The predicted molar refractivity (Wildman–Crippen MR) is 52.6 cm³/mol. The van der Waals surface area contributed by atoms with Crippen LogP contribution < -0.4 is 10.6 Å². The molecule has 1 saturated heterocycles. The van der Waals surface area contributed by atoms with Gasteiger partial charge in [-0.2, -0.15) is 12.6 Å². The van der Waals surface area contributed by atoms with Crippen molar-refractivity contribution in [1.29, 1.82) is 0 Å². The second-order valence-corrected chi connectivity index (χ2v) is 3.95. The molecule has 0 bridgehead atoms. The Hall–Kier alpha value is -0.710. The molecule has 0 aromatic rings. The first-order chi connectivity index (χ1) is 6.11. The lowest BCUT2D eigenvalue weighted by Gasteiger charge is -2.23. The summed E-state index contributed by atoms with van der Waals surface area (Å²) in [5.41, 5.74) is 0. The van der Waals surface area contributed by atoms with Crippen molar-refractivity contribution in [3.8, 4) is 0 Å². The molecule has 13 heavy (non-hydrogen) atoms. The second-order valence-electron chi connectivity index (χ2n) is 3.17. The van der Waals surface area contributed by atoms with Crippen molar-refractivity contribution in [1.82, 2.24) is 10.6 Å². The highest BCUT2D eigenvalue weighted by Gasteiger charge is 2.24. The molecular formula is C8H14N2O2S. The van der Waals surface area contributed by atoms with Crippen LogP contribution in [0.15, 0.2) is 0 Å². The molecule has 1 heterocycles. The van der Waals surface area contributed by atoms with Gasteiger partial charge in [0.1, 0.15) is 6.04 Å². The third-order valence-electron chi connectivity index (χ3n) is 1.98. The minimum atomic E-state index is -0.366. The summed E-state index contributed by atoms with van der Waals surface area (Å²) in [5.74, 6) is -0.279. The Bertz CT molecular complexity index is 218. The lowest BCUT2D eigenvalue weighted by molar-refractivity contribution is -0.129. The number of nitrogens with one attached hydrogen (secondary N) is 2. The first-order valence-electron chi connectivity index (χ1n) is 4.37. The van der Waals surface area contributed by atoms with Crippen molar-refractivity contribution in [2.75, 3.05) is 6.54 Å². The smallest absolute Gasteiger partial charge is 0.242 e. The van der Waals surface area contributed by atoms with Gasteiger partial charge in [-0.15, -0.1) is 0 Å². The molecule has 0 aromatic carbocycles. The van der Waals surface area contributed by atoms with Gasteiger partial charge in [-0.1, -0.05) is 0 Å². The molecule has 4 nitrogen and oxygen atoms in total. The van der Waals surface area contributed by atoms with E-state index in [9.17, 15) is 9.59 Å². The maximum Gasteiger partial charge on any atom is 0.242 e. The molecular weight excluding hydrogens is 188 g/mol. The Morgan fingerprint density at radius 2 is 2.46 bits per heavy atom. The quantitative estimate of drug-likeness (QED) is 0.538. The van der Waals surface area contributed by atoms with Gasteiger partial charge in [0.25, 0.3) is 0 Å². The largest absolute Gasteiger partial charge is 0.354 e. The summed E-state index contributed by atoms with van der Waals surface area (Å²) in [6.07, 6.45) is 1.63. The predicted octanol–water partition coefficient (Wildman–Crippen LogP) is -0.301. The number of carbonyl (C=O) groups is 2. The van der Waals surface area contributed by atoms with Crippen LogP contribution in [-0.4, -0.2) is 29.7 Å². The summed E-state index contributed by atoms with van der Waals surface area (Å²) < 4.78 is 0. The first kappa shape index (κ1) is 10.4. The van der Waals surface area contributed by atoms with Gasteiger partial charge >= 0.3 is 0 Å². The zero-order chi connectivity index (χ0) is 9.84. The molecule has 2 N–H and O–H groups in total. The van der Waals surface area contributed by atoms with Crippen LogP contribution in [0.4, 0.5) is 0 Å². The number of hydrogen-bond acceptors (Lipinski definition) is 3.